The monoisotopic (exact) mass is 473 g/mol. The first-order valence-electron chi connectivity index (χ1n) is 10.1. The summed E-state index contributed by atoms with van der Waals surface area (Å²) in [6.45, 7) is 3.35. The third kappa shape index (κ3) is 5.18. The van der Waals surface area contributed by atoms with Crippen molar-refractivity contribution in [2.45, 2.75) is 24.3 Å². The van der Waals surface area contributed by atoms with Crippen molar-refractivity contribution in [2.24, 2.45) is 0 Å². The van der Waals surface area contributed by atoms with Crippen molar-refractivity contribution >= 4 is 33.4 Å². The molecule has 0 spiro atoms. The summed E-state index contributed by atoms with van der Waals surface area (Å²) in [6, 6.07) is 14.2. The summed E-state index contributed by atoms with van der Waals surface area (Å²) < 4.78 is 32.4. The van der Waals surface area contributed by atoms with E-state index >= 15 is 0 Å². The van der Waals surface area contributed by atoms with E-state index < -0.39 is 10.0 Å². The third-order valence-electron chi connectivity index (χ3n) is 5.20. The molecule has 0 aliphatic carbocycles. The van der Waals surface area contributed by atoms with E-state index in [0.29, 0.717) is 42.7 Å². The van der Waals surface area contributed by atoms with Crippen LogP contribution in [0.15, 0.2) is 53.4 Å². The first-order valence-corrected chi connectivity index (χ1v) is 12.0. The summed E-state index contributed by atoms with van der Waals surface area (Å²) in [7, 11) is -3.53. The number of nitrogens with one attached hydrogen (secondary N) is 2. The van der Waals surface area contributed by atoms with Gasteiger partial charge in [-0.05, 0) is 42.7 Å². The lowest BCUT2D eigenvalue weighted by Crippen LogP contribution is -2.48. The zero-order valence-electron chi connectivity index (χ0n) is 17.5. The number of anilines is 2. The van der Waals surface area contributed by atoms with Crippen LogP contribution in [0.25, 0.3) is 11.3 Å². The topological polar surface area (TPSA) is 119 Å². The van der Waals surface area contributed by atoms with Gasteiger partial charge in [0.15, 0.2) is 0 Å². The Bertz CT molecular complexity index is 1210. The van der Waals surface area contributed by atoms with E-state index in [2.05, 4.69) is 20.0 Å². The Morgan fingerprint density at radius 3 is 2.59 bits per heavy atom. The summed E-state index contributed by atoms with van der Waals surface area (Å²) in [5.74, 6) is 0.779. The Hall–Kier alpha value is -2.72. The van der Waals surface area contributed by atoms with Crippen molar-refractivity contribution in [1.82, 2.24) is 14.7 Å². The molecule has 4 N–H and O–H groups in total. The van der Waals surface area contributed by atoms with Crippen LogP contribution in [0.1, 0.15) is 11.1 Å². The molecule has 3 aromatic rings. The Balaban J connectivity index is 1.39. The van der Waals surface area contributed by atoms with Crippen LogP contribution in [0.5, 0.6) is 0 Å². The van der Waals surface area contributed by atoms with Crippen LogP contribution in [0.3, 0.4) is 0 Å². The van der Waals surface area contributed by atoms with Crippen molar-refractivity contribution in [3.05, 3.63) is 64.7 Å². The number of halogens is 1. The van der Waals surface area contributed by atoms with E-state index in [0.717, 1.165) is 16.7 Å². The number of ether oxygens (including phenoxy) is 1. The van der Waals surface area contributed by atoms with E-state index in [-0.39, 0.29) is 16.9 Å². The number of hydrogen-bond donors (Lipinski definition) is 3. The molecule has 1 aliphatic heterocycles. The van der Waals surface area contributed by atoms with Gasteiger partial charge in [-0.25, -0.2) is 18.1 Å². The number of nitrogens with zero attached hydrogens (tertiary/aromatic N) is 2. The highest BCUT2D eigenvalue weighted by Gasteiger charge is 2.25. The summed E-state index contributed by atoms with van der Waals surface area (Å²) in [5.41, 5.74) is 9.42. The average Bonchev–Trinajstić information content (AvgIpc) is 2.73. The lowest BCUT2D eigenvalue weighted by atomic mass is 10.1. The minimum Gasteiger partial charge on any atom is -0.378 e. The normalized spacial score (nSPS) is 14.2. The summed E-state index contributed by atoms with van der Waals surface area (Å²) in [5, 5.41) is 3.92. The van der Waals surface area contributed by atoms with Crippen LogP contribution in [0.2, 0.25) is 5.02 Å². The number of benzene rings is 2. The molecule has 32 heavy (non-hydrogen) atoms. The summed E-state index contributed by atoms with van der Waals surface area (Å²) in [4.78, 5) is 8.83. The van der Waals surface area contributed by atoms with Crippen LogP contribution in [-0.4, -0.2) is 44.2 Å². The van der Waals surface area contributed by atoms with Crippen molar-refractivity contribution in [3.63, 3.8) is 0 Å². The maximum atomic E-state index is 12.4. The van der Waals surface area contributed by atoms with Crippen molar-refractivity contribution < 1.29 is 13.2 Å². The first-order chi connectivity index (χ1) is 15.3. The van der Waals surface area contributed by atoms with E-state index in [4.69, 9.17) is 22.1 Å². The summed E-state index contributed by atoms with van der Waals surface area (Å²) >= 11 is 6.23. The molecule has 0 saturated carbocycles. The van der Waals surface area contributed by atoms with Crippen molar-refractivity contribution in [3.8, 4) is 11.3 Å². The molecule has 0 amide bonds. The third-order valence-corrected chi connectivity index (χ3v) is 7.15. The number of nitrogens with two attached hydrogens (primary N) is 1. The maximum Gasteiger partial charge on any atom is 0.240 e. The van der Waals surface area contributed by atoms with Gasteiger partial charge in [0.05, 0.1) is 29.8 Å². The lowest BCUT2D eigenvalue weighted by Gasteiger charge is -2.26. The van der Waals surface area contributed by atoms with Gasteiger partial charge in [0.1, 0.15) is 5.82 Å². The van der Waals surface area contributed by atoms with Gasteiger partial charge in [-0.15, -0.1) is 0 Å². The SMILES string of the molecule is Cc1c(Cl)cccc1-c1cc(NCCc2ccc(S(=O)(=O)NC3COC3)cc2)nc(N)n1. The first kappa shape index (κ1) is 22.5. The average molecular weight is 474 g/mol. The van der Waals surface area contributed by atoms with E-state index in [1.807, 2.05) is 43.3 Å². The highest BCUT2D eigenvalue weighted by atomic mass is 35.5. The zero-order chi connectivity index (χ0) is 22.7. The maximum absolute atomic E-state index is 12.4. The van der Waals surface area contributed by atoms with E-state index in [1.54, 1.807) is 12.1 Å². The van der Waals surface area contributed by atoms with Crippen molar-refractivity contribution in [1.29, 1.82) is 0 Å². The van der Waals surface area contributed by atoms with Crippen LogP contribution < -0.4 is 15.8 Å². The Kier molecular flexibility index (Phi) is 6.61. The Morgan fingerprint density at radius 2 is 1.91 bits per heavy atom. The fourth-order valence-corrected chi connectivity index (χ4v) is 4.72. The molecule has 0 radical (unpaired) electrons. The molecule has 1 aliphatic rings. The van der Waals surface area contributed by atoms with E-state index in [1.165, 1.54) is 0 Å². The standard InChI is InChI=1S/C22H24ClN5O3S/c1-14-18(3-2-4-19(14)23)20-11-21(27-22(24)26-20)25-10-9-15-5-7-17(8-6-15)32(29,30)28-16-12-31-13-16/h2-8,11,16,28H,9-10,12-13H2,1H3,(H3,24,25,26,27). The molecule has 1 aromatic heterocycles. The van der Waals surface area contributed by atoms with Gasteiger partial charge in [-0.2, -0.15) is 4.98 Å². The molecule has 0 atom stereocenters. The Labute approximate surface area is 192 Å². The minimum absolute atomic E-state index is 0.148. The number of rotatable bonds is 8. The fraction of sp³-hybridized carbons (Fsp3) is 0.273. The summed E-state index contributed by atoms with van der Waals surface area (Å²) in [6.07, 6.45) is 0.680. The molecular weight excluding hydrogens is 450 g/mol. The lowest BCUT2D eigenvalue weighted by molar-refractivity contribution is 0.00482. The van der Waals surface area contributed by atoms with Gasteiger partial charge in [-0.3, -0.25) is 0 Å². The number of nitrogen functional groups attached to an aromatic ring is 1. The predicted molar refractivity (Wildman–Crippen MR) is 125 cm³/mol. The molecule has 0 bridgehead atoms. The second kappa shape index (κ2) is 9.41. The van der Waals surface area contributed by atoms with Gasteiger partial charge in [-0.1, -0.05) is 35.9 Å². The molecule has 0 unspecified atom stereocenters. The molecule has 4 rings (SSSR count). The molecule has 1 saturated heterocycles. The molecule has 168 valence electrons. The van der Waals surface area contributed by atoms with Gasteiger partial charge in [0.2, 0.25) is 16.0 Å². The quantitative estimate of drug-likeness (QED) is 0.460. The van der Waals surface area contributed by atoms with Gasteiger partial charge in [0.25, 0.3) is 0 Å². The second-order valence-corrected chi connectivity index (χ2v) is 9.71. The largest absolute Gasteiger partial charge is 0.378 e. The fourth-order valence-electron chi connectivity index (χ4n) is 3.34. The smallest absolute Gasteiger partial charge is 0.240 e. The molecule has 8 nitrogen and oxygen atoms in total. The minimum atomic E-state index is -3.53. The predicted octanol–water partition coefficient (Wildman–Crippen LogP) is 3.02. The van der Waals surface area contributed by atoms with Gasteiger partial charge < -0.3 is 15.8 Å². The highest BCUT2D eigenvalue weighted by Crippen LogP contribution is 2.28. The Morgan fingerprint density at radius 1 is 1.16 bits per heavy atom. The number of aromatic nitrogens is 2. The molecule has 2 aromatic carbocycles. The molecule has 1 fully saturated rings. The zero-order valence-corrected chi connectivity index (χ0v) is 19.1. The van der Waals surface area contributed by atoms with Crippen molar-refractivity contribution in [2.75, 3.05) is 30.8 Å². The van der Waals surface area contributed by atoms with Gasteiger partial charge in [0, 0.05) is 23.2 Å². The number of sulfonamides is 1. The highest BCUT2D eigenvalue weighted by molar-refractivity contribution is 7.89. The van der Waals surface area contributed by atoms with Crippen LogP contribution in [0.4, 0.5) is 11.8 Å². The van der Waals surface area contributed by atoms with Crippen LogP contribution in [-0.2, 0) is 21.2 Å². The van der Waals surface area contributed by atoms with Gasteiger partial charge >= 0.3 is 0 Å². The molecular formula is C22H24ClN5O3S. The number of hydrogen-bond acceptors (Lipinski definition) is 7. The van der Waals surface area contributed by atoms with Crippen LogP contribution in [0, 0.1) is 6.92 Å². The second-order valence-electron chi connectivity index (χ2n) is 7.59. The van der Waals surface area contributed by atoms with E-state index in [9.17, 15) is 8.42 Å². The van der Waals surface area contributed by atoms with Crippen LogP contribution >= 0.6 is 11.6 Å². The molecule has 10 heteroatoms. The molecule has 2 heterocycles.